The van der Waals surface area contributed by atoms with Gasteiger partial charge in [-0.15, -0.1) is 0 Å². The molecule has 0 radical (unpaired) electrons. The summed E-state index contributed by atoms with van der Waals surface area (Å²) < 4.78 is 25.4. The van der Waals surface area contributed by atoms with E-state index in [1.54, 1.807) is 6.07 Å². The Morgan fingerprint density at radius 1 is 1.04 bits per heavy atom. The Hall–Kier alpha value is -1.76. The number of amides is 1. The van der Waals surface area contributed by atoms with E-state index in [9.17, 15) is 13.2 Å². The maximum atomic E-state index is 12.5. The van der Waals surface area contributed by atoms with Crippen molar-refractivity contribution in [1.29, 1.82) is 0 Å². The quantitative estimate of drug-likeness (QED) is 0.665. The van der Waals surface area contributed by atoms with Gasteiger partial charge in [-0.3, -0.25) is 9.10 Å². The molecule has 0 aliphatic carbocycles. The fourth-order valence-electron chi connectivity index (χ4n) is 2.85. The largest absolute Gasteiger partial charge is 0.350 e. The molecule has 0 saturated heterocycles. The number of carbonyl (C=O) groups is 1. The Bertz CT molecular complexity index is 962. The molecule has 0 aliphatic heterocycles. The topological polar surface area (TPSA) is 66.5 Å². The summed E-state index contributed by atoms with van der Waals surface area (Å²) in [6.45, 7) is 4.07. The monoisotopic (exact) mass is 442 g/mol. The molecule has 0 bridgehead atoms. The van der Waals surface area contributed by atoms with Gasteiger partial charge in [0.2, 0.25) is 15.9 Å². The third-order valence-corrected chi connectivity index (χ3v) is 6.08. The minimum Gasteiger partial charge on any atom is -0.350 e. The fraction of sp³-hybridized carbons (Fsp3) is 0.350. The number of halogens is 2. The number of benzene rings is 2. The molecule has 2 rings (SSSR count). The lowest BCUT2D eigenvalue weighted by atomic mass is 10.0. The van der Waals surface area contributed by atoms with Gasteiger partial charge in [0.25, 0.3) is 0 Å². The summed E-state index contributed by atoms with van der Waals surface area (Å²) in [6.07, 6.45) is 2.78. The molecule has 0 fully saturated rings. The summed E-state index contributed by atoms with van der Waals surface area (Å²) in [5.74, 6) is -0.426. The van der Waals surface area contributed by atoms with Crippen molar-refractivity contribution >= 4 is 44.8 Å². The van der Waals surface area contributed by atoms with Crippen molar-refractivity contribution in [2.24, 2.45) is 0 Å². The second-order valence-electron chi connectivity index (χ2n) is 6.45. The van der Waals surface area contributed by atoms with Gasteiger partial charge in [0.15, 0.2) is 0 Å². The van der Waals surface area contributed by atoms with Crippen LogP contribution in [0.2, 0.25) is 10.0 Å². The zero-order chi connectivity index (χ0) is 20.9. The molecule has 1 N–H and O–H groups in total. The number of hydrogen-bond acceptors (Lipinski definition) is 3. The number of rotatable bonds is 8. The first-order valence-electron chi connectivity index (χ1n) is 8.95. The molecular weight excluding hydrogens is 419 g/mol. The summed E-state index contributed by atoms with van der Waals surface area (Å²) in [5, 5.41) is 3.34. The molecule has 152 valence electrons. The molecule has 0 spiro atoms. The zero-order valence-electron chi connectivity index (χ0n) is 16.1. The van der Waals surface area contributed by atoms with Crippen LogP contribution in [-0.2, 0) is 34.2 Å². The average Bonchev–Trinajstić information content (AvgIpc) is 2.65. The molecule has 1 amide bonds. The first kappa shape index (κ1) is 22.5. The van der Waals surface area contributed by atoms with Gasteiger partial charge < -0.3 is 5.32 Å². The van der Waals surface area contributed by atoms with E-state index in [2.05, 4.69) is 37.4 Å². The normalized spacial score (nSPS) is 11.3. The van der Waals surface area contributed by atoms with Crippen molar-refractivity contribution in [3.63, 3.8) is 0 Å². The Balaban J connectivity index is 2.18. The zero-order valence-corrected chi connectivity index (χ0v) is 18.5. The lowest BCUT2D eigenvalue weighted by Gasteiger charge is -2.23. The Morgan fingerprint density at radius 3 is 2.36 bits per heavy atom. The predicted octanol–water partition coefficient (Wildman–Crippen LogP) is 4.20. The summed E-state index contributed by atoms with van der Waals surface area (Å²) in [7, 11) is -3.73. The van der Waals surface area contributed by atoms with Crippen molar-refractivity contribution in [3.8, 4) is 0 Å². The summed E-state index contributed by atoms with van der Waals surface area (Å²) in [4.78, 5) is 12.5. The van der Waals surface area contributed by atoms with Crippen LogP contribution in [0.25, 0.3) is 0 Å². The van der Waals surface area contributed by atoms with Gasteiger partial charge in [0, 0.05) is 11.6 Å². The maximum absolute atomic E-state index is 12.5. The van der Waals surface area contributed by atoms with E-state index < -0.39 is 15.9 Å². The smallest absolute Gasteiger partial charge is 0.241 e. The molecule has 28 heavy (non-hydrogen) atoms. The first-order valence-corrected chi connectivity index (χ1v) is 11.6. The van der Waals surface area contributed by atoms with Gasteiger partial charge in [-0.05, 0) is 47.7 Å². The van der Waals surface area contributed by atoms with Gasteiger partial charge in [-0.25, -0.2) is 8.42 Å². The average molecular weight is 443 g/mol. The van der Waals surface area contributed by atoms with E-state index in [0.717, 1.165) is 34.5 Å². The SMILES string of the molecule is CCc1ccc(CC)c(CNC(=O)CN(c2cc(Cl)ccc2Cl)S(C)(=O)=O)c1. The third-order valence-electron chi connectivity index (χ3n) is 4.40. The van der Waals surface area contributed by atoms with Gasteiger partial charge >= 0.3 is 0 Å². The lowest BCUT2D eigenvalue weighted by Crippen LogP contribution is -2.40. The molecule has 0 aromatic heterocycles. The highest BCUT2D eigenvalue weighted by atomic mass is 35.5. The van der Waals surface area contributed by atoms with E-state index in [1.165, 1.54) is 17.7 Å². The Kier molecular flexibility index (Phi) is 7.75. The molecule has 2 aromatic carbocycles. The maximum Gasteiger partial charge on any atom is 0.241 e. The Morgan fingerprint density at radius 2 is 1.75 bits per heavy atom. The van der Waals surface area contributed by atoms with Crippen LogP contribution in [0.4, 0.5) is 5.69 Å². The van der Waals surface area contributed by atoms with Gasteiger partial charge in [-0.2, -0.15) is 0 Å². The van der Waals surface area contributed by atoms with Gasteiger partial charge in [0.1, 0.15) is 6.54 Å². The third kappa shape index (κ3) is 5.87. The van der Waals surface area contributed by atoms with Crippen LogP contribution in [0.15, 0.2) is 36.4 Å². The van der Waals surface area contributed by atoms with Crippen molar-refractivity contribution < 1.29 is 13.2 Å². The fourth-order valence-corrected chi connectivity index (χ4v) is 4.14. The number of hydrogen-bond donors (Lipinski definition) is 1. The van der Waals surface area contributed by atoms with E-state index in [1.807, 2.05) is 0 Å². The second kappa shape index (κ2) is 9.63. The number of anilines is 1. The lowest BCUT2D eigenvalue weighted by molar-refractivity contribution is -0.119. The first-order chi connectivity index (χ1) is 13.2. The molecule has 0 heterocycles. The second-order valence-corrected chi connectivity index (χ2v) is 9.20. The highest BCUT2D eigenvalue weighted by molar-refractivity contribution is 7.92. The summed E-state index contributed by atoms with van der Waals surface area (Å²) in [6, 6.07) is 10.7. The minimum absolute atomic E-state index is 0.175. The highest BCUT2D eigenvalue weighted by Gasteiger charge is 2.23. The van der Waals surface area contributed by atoms with Crippen LogP contribution in [0, 0.1) is 0 Å². The van der Waals surface area contributed by atoms with Crippen LogP contribution in [0.3, 0.4) is 0 Å². The molecular formula is C20H24Cl2N2O3S. The van der Waals surface area contributed by atoms with Crippen LogP contribution in [0.5, 0.6) is 0 Å². The van der Waals surface area contributed by atoms with Crippen molar-refractivity contribution in [2.75, 3.05) is 17.1 Å². The number of aryl methyl sites for hydroxylation is 2. The van der Waals surface area contributed by atoms with Gasteiger partial charge in [0.05, 0.1) is 17.0 Å². The molecule has 2 aromatic rings. The molecule has 0 aliphatic rings. The van der Waals surface area contributed by atoms with Crippen LogP contribution in [0.1, 0.15) is 30.5 Å². The standard InChI is InChI=1S/C20H24Cl2N2O3S/c1-4-14-6-7-15(5-2)16(10-14)12-23-20(25)13-24(28(3,26)27)19-11-17(21)8-9-18(19)22/h6-11H,4-5,12-13H2,1-3H3,(H,23,25). The number of nitrogens with one attached hydrogen (secondary N) is 1. The van der Waals surface area contributed by atoms with Crippen LogP contribution >= 0.6 is 23.2 Å². The number of carbonyl (C=O) groups excluding carboxylic acids is 1. The van der Waals surface area contributed by atoms with Crippen molar-refractivity contribution in [2.45, 2.75) is 33.2 Å². The van der Waals surface area contributed by atoms with Crippen molar-refractivity contribution in [1.82, 2.24) is 5.32 Å². The summed E-state index contributed by atoms with van der Waals surface area (Å²) >= 11 is 12.1. The number of nitrogens with zero attached hydrogens (tertiary/aromatic N) is 1. The van der Waals surface area contributed by atoms with Gasteiger partial charge in [-0.1, -0.05) is 55.2 Å². The molecule has 0 atom stereocenters. The van der Waals surface area contributed by atoms with Crippen LogP contribution < -0.4 is 9.62 Å². The van der Waals surface area contributed by atoms with E-state index in [-0.39, 0.29) is 17.3 Å². The molecule has 8 heteroatoms. The number of sulfonamides is 1. The van der Waals surface area contributed by atoms with Crippen molar-refractivity contribution in [3.05, 3.63) is 63.1 Å². The van der Waals surface area contributed by atoms with E-state index in [4.69, 9.17) is 23.2 Å². The minimum atomic E-state index is -3.73. The van der Waals surface area contributed by atoms with Crippen LogP contribution in [-0.4, -0.2) is 27.1 Å². The van der Waals surface area contributed by atoms with E-state index >= 15 is 0 Å². The summed E-state index contributed by atoms with van der Waals surface area (Å²) in [5.41, 5.74) is 3.54. The molecule has 0 unspecified atom stereocenters. The Labute approximate surface area is 176 Å². The van der Waals surface area contributed by atoms with E-state index in [0.29, 0.717) is 11.6 Å². The molecule has 0 saturated carbocycles. The predicted molar refractivity (Wildman–Crippen MR) is 116 cm³/mol. The molecule has 5 nitrogen and oxygen atoms in total. The highest BCUT2D eigenvalue weighted by Crippen LogP contribution is 2.30.